The second kappa shape index (κ2) is 7.07. The zero-order chi connectivity index (χ0) is 13.6. The van der Waals surface area contributed by atoms with E-state index in [9.17, 15) is 0 Å². The zero-order valence-corrected chi connectivity index (χ0v) is 12.0. The molecule has 4 nitrogen and oxygen atoms in total. The summed E-state index contributed by atoms with van der Waals surface area (Å²) in [6.45, 7) is 7.97. The Hall–Kier alpha value is -1.10. The lowest BCUT2D eigenvalue weighted by atomic mass is 9.93. The molecule has 1 atom stereocenters. The minimum absolute atomic E-state index is 0.588. The van der Waals surface area contributed by atoms with Crippen molar-refractivity contribution in [2.75, 3.05) is 52.5 Å². The molecule has 1 aromatic carbocycles. The highest BCUT2D eigenvalue weighted by Crippen LogP contribution is 2.32. The van der Waals surface area contributed by atoms with Crippen LogP contribution in [0.15, 0.2) is 24.3 Å². The molecular formula is C16H24N2O2. The molecule has 0 radical (unpaired) electrons. The topological polar surface area (TPSA) is 33.7 Å². The Kier molecular flexibility index (Phi) is 4.90. The van der Waals surface area contributed by atoms with E-state index in [2.05, 4.69) is 28.4 Å². The van der Waals surface area contributed by atoms with Crippen LogP contribution < -0.4 is 10.1 Å². The molecular weight excluding hydrogens is 252 g/mol. The van der Waals surface area contributed by atoms with Gasteiger partial charge < -0.3 is 14.8 Å². The first-order valence-corrected chi connectivity index (χ1v) is 7.66. The summed E-state index contributed by atoms with van der Waals surface area (Å²) in [5, 5.41) is 3.61. The first-order valence-electron chi connectivity index (χ1n) is 7.66. The standard InChI is InChI=1S/C16H24N2O2/c1-2-4-16-15(3-1)14(5-10-20-16)13-17-6-7-18-8-11-19-12-9-18/h1-4,14,17H,5-13H2. The Labute approximate surface area is 121 Å². The summed E-state index contributed by atoms with van der Waals surface area (Å²) < 4.78 is 11.1. The molecule has 2 aliphatic heterocycles. The van der Waals surface area contributed by atoms with E-state index in [0.717, 1.165) is 64.7 Å². The Morgan fingerprint density at radius 2 is 2.00 bits per heavy atom. The lowest BCUT2D eigenvalue weighted by Crippen LogP contribution is -2.41. The molecule has 3 rings (SSSR count). The van der Waals surface area contributed by atoms with Crippen LogP contribution in [0.3, 0.4) is 0 Å². The normalized spacial score (nSPS) is 23.1. The van der Waals surface area contributed by atoms with Gasteiger partial charge in [-0.05, 0) is 18.1 Å². The van der Waals surface area contributed by atoms with Gasteiger partial charge in [0.2, 0.25) is 0 Å². The van der Waals surface area contributed by atoms with Gasteiger partial charge in [0.1, 0.15) is 5.75 Å². The molecule has 0 spiro atoms. The maximum absolute atomic E-state index is 5.71. The number of nitrogens with one attached hydrogen (secondary N) is 1. The van der Waals surface area contributed by atoms with E-state index >= 15 is 0 Å². The first kappa shape index (κ1) is 13.9. The van der Waals surface area contributed by atoms with Crippen molar-refractivity contribution in [1.82, 2.24) is 10.2 Å². The number of fused-ring (bicyclic) bond motifs is 1. The van der Waals surface area contributed by atoms with Crippen molar-refractivity contribution in [1.29, 1.82) is 0 Å². The van der Waals surface area contributed by atoms with Gasteiger partial charge in [-0.15, -0.1) is 0 Å². The molecule has 4 heteroatoms. The number of para-hydroxylation sites is 1. The number of nitrogens with zero attached hydrogens (tertiary/aromatic N) is 1. The van der Waals surface area contributed by atoms with Crippen molar-refractivity contribution in [3.8, 4) is 5.75 Å². The Morgan fingerprint density at radius 1 is 1.15 bits per heavy atom. The average Bonchev–Trinajstić information content (AvgIpc) is 2.53. The van der Waals surface area contributed by atoms with Crippen molar-refractivity contribution in [3.63, 3.8) is 0 Å². The molecule has 0 aliphatic carbocycles. The van der Waals surface area contributed by atoms with Crippen LogP contribution in [0, 0.1) is 0 Å². The fourth-order valence-electron chi connectivity index (χ4n) is 2.97. The van der Waals surface area contributed by atoms with Gasteiger partial charge >= 0.3 is 0 Å². The van der Waals surface area contributed by atoms with E-state index in [1.165, 1.54) is 5.56 Å². The predicted octanol–water partition coefficient (Wildman–Crippen LogP) is 1.47. The molecule has 1 saturated heterocycles. The predicted molar refractivity (Wildman–Crippen MR) is 79.4 cm³/mol. The summed E-state index contributed by atoms with van der Waals surface area (Å²) in [7, 11) is 0. The van der Waals surface area contributed by atoms with Crippen LogP contribution in [0.25, 0.3) is 0 Å². The molecule has 110 valence electrons. The third-order valence-corrected chi connectivity index (χ3v) is 4.18. The van der Waals surface area contributed by atoms with Gasteiger partial charge in [0.15, 0.2) is 0 Å². The van der Waals surface area contributed by atoms with E-state index in [4.69, 9.17) is 9.47 Å². The maximum Gasteiger partial charge on any atom is 0.122 e. The summed E-state index contributed by atoms with van der Waals surface area (Å²) in [5.41, 5.74) is 1.36. The van der Waals surface area contributed by atoms with Crippen LogP contribution in [0.4, 0.5) is 0 Å². The summed E-state index contributed by atoms with van der Waals surface area (Å²) >= 11 is 0. The van der Waals surface area contributed by atoms with Gasteiger partial charge in [-0.25, -0.2) is 0 Å². The summed E-state index contributed by atoms with van der Waals surface area (Å²) in [5.74, 6) is 1.66. The largest absolute Gasteiger partial charge is 0.493 e. The zero-order valence-electron chi connectivity index (χ0n) is 12.0. The molecule has 1 fully saturated rings. The fourth-order valence-corrected chi connectivity index (χ4v) is 2.97. The van der Waals surface area contributed by atoms with Gasteiger partial charge in [0.05, 0.1) is 19.8 Å². The van der Waals surface area contributed by atoms with Crippen LogP contribution >= 0.6 is 0 Å². The van der Waals surface area contributed by atoms with E-state index in [-0.39, 0.29) is 0 Å². The lowest BCUT2D eigenvalue weighted by Gasteiger charge is -2.28. The third-order valence-electron chi connectivity index (χ3n) is 4.18. The van der Waals surface area contributed by atoms with Gasteiger partial charge in [-0.3, -0.25) is 4.90 Å². The van der Waals surface area contributed by atoms with Gasteiger partial charge in [0.25, 0.3) is 0 Å². The quantitative estimate of drug-likeness (QED) is 0.826. The van der Waals surface area contributed by atoms with E-state index < -0.39 is 0 Å². The molecule has 1 unspecified atom stereocenters. The summed E-state index contributed by atoms with van der Waals surface area (Å²) in [4.78, 5) is 2.47. The molecule has 1 aromatic rings. The van der Waals surface area contributed by atoms with Crippen molar-refractivity contribution in [2.24, 2.45) is 0 Å². The fraction of sp³-hybridized carbons (Fsp3) is 0.625. The number of ether oxygens (including phenoxy) is 2. The molecule has 2 heterocycles. The highest BCUT2D eigenvalue weighted by atomic mass is 16.5. The first-order chi connectivity index (χ1) is 9.93. The van der Waals surface area contributed by atoms with Crippen LogP contribution in [0.2, 0.25) is 0 Å². The van der Waals surface area contributed by atoms with E-state index in [1.54, 1.807) is 0 Å². The number of hydrogen-bond donors (Lipinski definition) is 1. The summed E-state index contributed by atoms with van der Waals surface area (Å²) in [6, 6.07) is 8.43. The number of hydrogen-bond acceptors (Lipinski definition) is 4. The van der Waals surface area contributed by atoms with Crippen molar-refractivity contribution < 1.29 is 9.47 Å². The second-order valence-electron chi connectivity index (χ2n) is 5.53. The van der Waals surface area contributed by atoms with Gasteiger partial charge in [-0.1, -0.05) is 18.2 Å². The minimum Gasteiger partial charge on any atom is -0.493 e. The van der Waals surface area contributed by atoms with Crippen molar-refractivity contribution >= 4 is 0 Å². The van der Waals surface area contributed by atoms with Gasteiger partial charge in [-0.2, -0.15) is 0 Å². The molecule has 20 heavy (non-hydrogen) atoms. The van der Waals surface area contributed by atoms with Crippen LogP contribution in [-0.2, 0) is 4.74 Å². The van der Waals surface area contributed by atoms with Crippen LogP contribution in [0.1, 0.15) is 17.9 Å². The smallest absolute Gasteiger partial charge is 0.122 e. The summed E-state index contributed by atoms with van der Waals surface area (Å²) in [6.07, 6.45) is 1.11. The highest BCUT2D eigenvalue weighted by Gasteiger charge is 2.20. The molecule has 0 aromatic heterocycles. The molecule has 2 aliphatic rings. The number of benzene rings is 1. The molecule has 1 N–H and O–H groups in total. The second-order valence-corrected chi connectivity index (χ2v) is 5.53. The average molecular weight is 276 g/mol. The van der Waals surface area contributed by atoms with E-state index in [1.807, 2.05) is 6.07 Å². The number of morpholine rings is 1. The lowest BCUT2D eigenvalue weighted by molar-refractivity contribution is 0.0384. The monoisotopic (exact) mass is 276 g/mol. The molecule has 0 saturated carbocycles. The third kappa shape index (κ3) is 3.51. The highest BCUT2D eigenvalue weighted by molar-refractivity contribution is 5.37. The maximum atomic E-state index is 5.71. The van der Waals surface area contributed by atoms with Crippen LogP contribution in [0.5, 0.6) is 5.75 Å². The molecule has 0 bridgehead atoms. The minimum atomic E-state index is 0.588. The Bertz CT molecular complexity index is 419. The van der Waals surface area contributed by atoms with E-state index in [0.29, 0.717) is 5.92 Å². The Balaban J connectivity index is 1.43. The van der Waals surface area contributed by atoms with Crippen molar-refractivity contribution in [2.45, 2.75) is 12.3 Å². The molecule has 0 amide bonds. The number of rotatable bonds is 5. The van der Waals surface area contributed by atoms with Gasteiger partial charge in [0, 0.05) is 38.6 Å². The SMILES string of the molecule is c1ccc2c(c1)OCCC2CNCCN1CCOCC1. The Morgan fingerprint density at radius 3 is 2.90 bits per heavy atom. The van der Waals surface area contributed by atoms with Crippen LogP contribution in [-0.4, -0.2) is 57.4 Å². The van der Waals surface area contributed by atoms with Crippen molar-refractivity contribution in [3.05, 3.63) is 29.8 Å².